The van der Waals surface area contributed by atoms with Gasteiger partial charge < -0.3 is 16.2 Å². The normalized spacial score (nSPS) is 15.1. The number of rotatable bonds is 3. The fourth-order valence-electron chi connectivity index (χ4n) is 2.41. The first-order valence-electron chi connectivity index (χ1n) is 7.12. The number of phenols is 1. The van der Waals surface area contributed by atoms with Crippen LogP contribution in [0.2, 0.25) is 0 Å². The summed E-state index contributed by atoms with van der Waals surface area (Å²) in [7, 11) is 0. The van der Waals surface area contributed by atoms with E-state index in [4.69, 9.17) is 5.73 Å². The number of nitrogens with one attached hydrogen (secondary N) is 2. The lowest BCUT2D eigenvalue weighted by molar-refractivity contribution is -0.114. The molecule has 7 heteroatoms. The molecule has 1 aliphatic rings. The van der Waals surface area contributed by atoms with E-state index in [2.05, 4.69) is 33.2 Å². The van der Waals surface area contributed by atoms with Crippen molar-refractivity contribution in [2.45, 2.75) is 6.54 Å². The van der Waals surface area contributed by atoms with Gasteiger partial charge in [-0.25, -0.2) is 0 Å². The minimum absolute atomic E-state index is 0.0165. The van der Waals surface area contributed by atoms with Gasteiger partial charge in [0, 0.05) is 27.4 Å². The van der Waals surface area contributed by atoms with Crippen molar-refractivity contribution in [1.82, 2.24) is 10.6 Å². The Morgan fingerprint density at radius 3 is 2.67 bits per heavy atom. The molecule has 0 atom stereocenters. The van der Waals surface area contributed by atoms with E-state index < -0.39 is 11.8 Å². The molecule has 0 aliphatic carbocycles. The quantitative estimate of drug-likeness (QED) is 0.194. The number of nitrogen functional groups attached to an aromatic ring is 1. The molecule has 5 N–H and O–H groups in total. The van der Waals surface area contributed by atoms with Gasteiger partial charge in [-0.05, 0) is 58.5 Å². The summed E-state index contributed by atoms with van der Waals surface area (Å²) in [6.07, 6.45) is 1.57. The predicted octanol–water partition coefficient (Wildman–Crippen LogP) is 1.98. The summed E-state index contributed by atoms with van der Waals surface area (Å²) in [4.78, 5) is 24.0. The number of imide groups is 1. The summed E-state index contributed by atoms with van der Waals surface area (Å²) in [5.41, 5.74) is 8.15. The fraction of sp³-hybridized carbons (Fsp3) is 0.0588. The summed E-state index contributed by atoms with van der Waals surface area (Å²) < 4.78 is 0.934. The van der Waals surface area contributed by atoms with Gasteiger partial charge >= 0.3 is 0 Å². The number of anilines is 1. The first-order chi connectivity index (χ1) is 11.5. The second-order valence-corrected chi connectivity index (χ2v) is 6.55. The molecule has 0 fully saturated rings. The molecule has 6 nitrogen and oxygen atoms in total. The lowest BCUT2D eigenvalue weighted by Gasteiger charge is -2.18. The molecule has 0 aromatic heterocycles. The van der Waals surface area contributed by atoms with Crippen LogP contribution in [0.5, 0.6) is 5.75 Å². The molecule has 1 heterocycles. The van der Waals surface area contributed by atoms with Gasteiger partial charge in [0.15, 0.2) is 0 Å². The SMILES string of the molecule is Nc1ccc(CN/C=C2\C(=O)NC(=O)c3ccc(I)cc32)cc1O. The Morgan fingerprint density at radius 1 is 1.12 bits per heavy atom. The van der Waals surface area contributed by atoms with Crippen molar-refractivity contribution < 1.29 is 14.7 Å². The van der Waals surface area contributed by atoms with E-state index in [0.717, 1.165) is 9.13 Å². The fourth-order valence-corrected chi connectivity index (χ4v) is 2.90. The molecule has 0 bridgehead atoms. The van der Waals surface area contributed by atoms with E-state index in [0.29, 0.717) is 28.9 Å². The van der Waals surface area contributed by atoms with Crippen LogP contribution in [0.25, 0.3) is 5.57 Å². The Labute approximate surface area is 151 Å². The molecule has 0 radical (unpaired) electrons. The number of halogens is 1. The van der Waals surface area contributed by atoms with E-state index in [9.17, 15) is 14.7 Å². The van der Waals surface area contributed by atoms with Crippen LogP contribution in [-0.2, 0) is 11.3 Å². The third-order valence-corrected chi connectivity index (χ3v) is 4.31. The third kappa shape index (κ3) is 3.21. The number of nitrogens with two attached hydrogens (primary N) is 1. The molecule has 2 amide bonds. The number of phenolic OH excluding ortho intramolecular Hbond substituents is 1. The Kier molecular flexibility index (Phi) is 4.43. The Hall–Kier alpha value is -2.55. The minimum Gasteiger partial charge on any atom is -0.506 e. The maximum atomic E-state index is 12.1. The first-order valence-corrected chi connectivity index (χ1v) is 8.20. The van der Waals surface area contributed by atoms with Crippen molar-refractivity contribution in [3.8, 4) is 5.75 Å². The zero-order valence-corrected chi connectivity index (χ0v) is 14.6. The summed E-state index contributed by atoms with van der Waals surface area (Å²) in [6.45, 7) is 0.401. The molecule has 2 aromatic carbocycles. The van der Waals surface area contributed by atoms with Crippen molar-refractivity contribution in [3.05, 3.63) is 62.9 Å². The molecule has 0 saturated heterocycles. The monoisotopic (exact) mass is 435 g/mol. The van der Waals surface area contributed by atoms with Crippen molar-refractivity contribution in [3.63, 3.8) is 0 Å². The zero-order chi connectivity index (χ0) is 17.3. The summed E-state index contributed by atoms with van der Waals surface area (Å²) >= 11 is 2.13. The maximum absolute atomic E-state index is 12.1. The van der Waals surface area contributed by atoms with E-state index in [-0.39, 0.29) is 5.75 Å². The second kappa shape index (κ2) is 6.52. The van der Waals surface area contributed by atoms with Crippen molar-refractivity contribution in [1.29, 1.82) is 0 Å². The van der Waals surface area contributed by atoms with Crippen LogP contribution in [0.3, 0.4) is 0 Å². The molecular formula is C17H14IN3O3. The average molecular weight is 435 g/mol. The van der Waals surface area contributed by atoms with E-state index in [1.54, 1.807) is 36.5 Å². The van der Waals surface area contributed by atoms with Crippen LogP contribution in [0.4, 0.5) is 5.69 Å². The van der Waals surface area contributed by atoms with E-state index in [1.165, 1.54) is 0 Å². The predicted molar refractivity (Wildman–Crippen MR) is 99.0 cm³/mol. The number of carbonyl (C=O) groups is 2. The Balaban J connectivity index is 1.85. The molecule has 24 heavy (non-hydrogen) atoms. The number of hydrogen-bond donors (Lipinski definition) is 4. The largest absolute Gasteiger partial charge is 0.506 e. The van der Waals surface area contributed by atoms with Gasteiger partial charge in [-0.2, -0.15) is 0 Å². The number of carbonyl (C=O) groups excluding carboxylic acids is 2. The van der Waals surface area contributed by atoms with E-state index >= 15 is 0 Å². The summed E-state index contributed by atoms with van der Waals surface area (Å²) in [5, 5.41) is 15.0. The van der Waals surface area contributed by atoms with Gasteiger partial charge in [0.2, 0.25) is 0 Å². The number of hydrogen-bond acceptors (Lipinski definition) is 5. The van der Waals surface area contributed by atoms with Gasteiger partial charge in [-0.1, -0.05) is 6.07 Å². The Bertz CT molecular complexity index is 877. The van der Waals surface area contributed by atoms with Crippen LogP contribution in [0.15, 0.2) is 42.6 Å². The second-order valence-electron chi connectivity index (χ2n) is 5.31. The lowest BCUT2D eigenvalue weighted by Crippen LogP contribution is -2.37. The highest BCUT2D eigenvalue weighted by molar-refractivity contribution is 14.1. The zero-order valence-electron chi connectivity index (χ0n) is 12.5. The molecule has 0 spiro atoms. The van der Waals surface area contributed by atoms with Crippen LogP contribution in [0, 0.1) is 3.57 Å². The van der Waals surface area contributed by atoms with Crippen LogP contribution < -0.4 is 16.4 Å². The number of fused-ring (bicyclic) bond motifs is 1. The van der Waals surface area contributed by atoms with Gasteiger partial charge in [-0.15, -0.1) is 0 Å². The smallest absolute Gasteiger partial charge is 0.260 e. The van der Waals surface area contributed by atoms with Crippen molar-refractivity contribution in [2.75, 3.05) is 5.73 Å². The highest BCUT2D eigenvalue weighted by Crippen LogP contribution is 2.25. The lowest BCUT2D eigenvalue weighted by atomic mass is 9.95. The van der Waals surface area contributed by atoms with Crippen LogP contribution >= 0.6 is 22.6 Å². The molecule has 0 unspecified atom stereocenters. The van der Waals surface area contributed by atoms with Crippen molar-refractivity contribution in [2.24, 2.45) is 0 Å². The van der Waals surface area contributed by atoms with Gasteiger partial charge in [0.05, 0.1) is 11.3 Å². The third-order valence-electron chi connectivity index (χ3n) is 3.64. The summed E-state index contributed by atoms with van der Waals surface area (Å²) in [6, 6.07) is 10.3. The molecule has 2 aromatic rings. The molecule has 3 rings (SSSR count). The average Bonchev–Trinajstić information content (AvgIpc) is 2.53. The van der Waals surface area contributed by atoms with Crippen LogP contribution in [-0.4, -0.2) is 16.9 Å². The van der Waals surface area contributed by atoms with Crippen LogP contribution in [0.1, 0.15) is 21.5 Å². The molecule has 0 saturated carbocycles. The van der Waals surface area contributed by atoms with Gasteiger partial charge in [-0.3, -0.25) is 14.9 Å². The maximum Gasteiger partial charge on any atom is 0.260 e. The molecule has 1 aliphatic heterocycles. The topological polar surface area (TPSA) is 104 Å². The molecular weight excluding hydrogens is 421 g/mol. The standard InChI is InChI=1S/C17H14IN3O3/c18-10-2-3-11-12(6-10)13(17(24)21-16(11)23)8-20-7-9-1-4-14(19)15(22)5-9/h1-6,8,20,22H,7,19H2,(H,21,23,24)/b13-8-. The Morgan fingerprint density at radius 2 is 1.92 bits per heavy atom. The number of aromatic hydroxyl groups is 1. The van der Waals surface area contributed by atoms with Crippen molar-refractivity contribution >= 4 is 45.7 Å². The number of benzene rings is 2. The first kappa shape index (κ1) is 16.3. The highest BCUT2D eigenvalue weighted by atomic mass is 127. The van der Waals surface area contributed by atoms with E-state index in [1.807, 2.05) is 6.07 Å². The number of amides is 2. The highest BCUT2D eigenvalue weighted by Gasteiger charge is 2.27. The van der Waals surface area contributed by atoms with Gasteiger partial charge in [0.1, 0.15) is 5.75 Å². The minimum atomic E-state index is -0.442. The molecule has 122 valence electrons. The summed E-state index contributed by atoms with van der Waals surface area (Å²) in [5.74, 6) is -0.822. The van der Waals surface area contributed by atoms with Gasteiger partial charge in [0.25, 0.3) is 11.8 Å².